The van der Waals surface area contributed by atoms with E-state index in [4.69, 9.17) is 0 Å². The monoisotopic (exact) mass is 573 g/mol. The Hall–Kier alpha value is -2.48. The van der Waals surface area contributed by atoms with Crippen molar-refractivity contribution in [3.63, 3.8) is 0 Å². The number of piperazine rings is 1. The molecule has 0 bridgehead atoms. The van der Waals surface area contributed by atoms with Crippen LogP contribution in [0.2, 0.25) is 0 Å². The molecule has 1 aliphatic carbocycles. The number of sulfonamides is 2. The molecule has 1 atom stereocenters. The van der Waals surface area contributed by atoms with E-state index in [1.54, 1.807) is 4.90 Å². The van der Waals surface area contributed by atoms with Crippen LogP contribution in [0.3, 0.4) is 0 Å². The molecule has 0 spiro atoms. The largest absolute Gasteiger partial charge is 0.416 e. The quantitative estimate of drug-likeness (QED) is 0.571. The zero-order valence-electron chi connectivity index (χ0n) is 20.8. The molecule has 0 radical (unpaired) electrons. The lowest BCUT2D eigenvalue weighted by Crippen LogP contribution is -2.53. The Balaban J connectivity index is 1.40. The molecule has 0 aromatic heterocycles. The summed E-state index contributed by atoms with van der Waals surface area (Å²) < 4.78 is 92.1. The van der Waals surface area contributed by atoms with Crippen molar-refractivity contribution in [2.24, 2.45) is 5.92 Å². The fraction of sp³-hybridized carbons (Fsp3) is 0.480. The third-order valence-electron chi connectivity index (χ3n) is 7.17. The minimum atomic E-state index is -4.56. The molecule has 8 nitrogen and oxygen atoms in total. The fourth-order valence-corrected chi connectivity index (χ4v) is 7.22. The average Bonchev–Trinajstić information content (AvgIpc) is 2.88. The van der Waals surface area contributed by atoms with Crippen LogP contribution >= 0.6 is 0 Å². The Morgan fingerprint density at radius 3 is 2.05 bits per heavy atom. The Kier molecular flexibility index (Phi) is 8.22. The molecule has 1 saturated heterocycles. The molecule has 13 heteroatoms. The zero-order valence-corrected chi connectivity index (χ0v) is 22.4. The van der Waals surface area contributed by atoms with Crippen molar-refractivity contribution in [1.29, 1.82) is 0 Å². The fourth-order valence-electron chi connectivity index (χ4n) is 5.09. The lowest BCUT2D eigenvalue weighted by molar-refractivity contribution is -0.141. The van der Waals surface area contributed by atoms with Crippen molar-refractivity contribution in [3.05, 3.63) is 65.7 Å². The predicted molar refractivity (Wildman–Crippen MR) is 135 cm³/mol. The molecule has 0 unspecified atom stereocenters. The van der Waals surface area contributed by atoms with Gasteiger partial charge in [0.15, 0.2) is 0 Å². The number of alkyl halides is 3. The van der Waals surface area contributed by atoms with Gasteiger partial charge in [-0.25, -0.2) is 21.6 Å². The molecule has 208 valence electrons. The van der Waals surface area contributed by atoms with Crippen molar-refractivity contribution >= 4 is 26.0 Å². The summed E-state index contributed by atoms with van der Waals surface area (Å²) in [6.45, 7) is 0.624. The van der Waals surface area contributed by atoms with Crippen LogP contribution in [0.5, 0.6) is 0 Å². The summed E-state index contributed by atoms with van der Waals surface area (Å²) in [4.78, 5) is 15.0. The molecular formula is C25H30F3N3O5S2. The second kappa shape index (κ2) is 10.9. The molecule has 1 N–H and O–H groups in total. The van der Waals surface area contributed by atoms with Gasteiger partial charge in [-0.2, -0.15) is 17.5 Å². The van der Waals surface area contributed by atoms with E-state index in [1.807, 2.05) is 30.3 Å². The standard InChI is InChI=1S/C25H30F3N3O5S2/c1-37(33,34)30-15-16-31(23(17-30)18-5-3-2-4-6-18)24(32)19-7-11-21(12-8-19)29-38(35,36)22-13-9-20(10-14-22)25(26,27)28/h2-6,9-10,13-14,19,21,23,29H,7-8,11-12,15-17H2,1H3/t19-,21-,23-/m1/s1. The highest BCUT2D eigenvalue weighted by Gasteiger charge is 2.39. The highest BCUT2D eigenvalue weighted by Crippen LogP contribution is 2.33. The van der Waals surface area contributed by atoms with Crippen molar-refractivity contribution in [3.8, 4) is 0 Å². The van der Waals surface area contributed by atoms with Crippen LogP contribution in [-0.2, 0) is 31.0 Å². The topological polar surface area (TPSA) is 104 Å². The van der Waals surface area contributed by atoms with E-state index in [2.05, 4.69) is 4.72 Å². The molecule has 1 heterocycles. The summed E-state index contributed by atoms with van der Waals surface area (Å²) in [6.07, 6.45) is -1.73. The number of benzene rings is 2. The third-order valence-corrected chi connectivity index (χ3v) is 9.98. The maximum atomic E-state index is 13.5. The molecule has 2 aromatic rings. The number of nitrogens with zero attached hydrogens (tertiary/aromatic N) is 2. The lowest BCUT2D eigenvalue weighted by atomic mass is 9.85. The minimum absolute atomic E-state index is 0.0870. The normalized spacial score (nSPS) is 23.8. The number of carbonyl (C=O) groups is 1. The van der Waals surface area contributed by atoms with E-state index in [-0.39, 0.29) is 36.4 Å². The Bertz CT molecular complexity index is 1340. The summed E-state index contributed by atoms with van der Waals surface area (Å²) in [5, 5.41) is 0. The van der Waals surface area contributed by atoms with E-state index in [9.17, 15) is 34.8 Å². The first-order chi connectivity index (χ1) is 17.8. The van der Waals surface area contributed by atoms with Crippen LogP contribution in [0.25, 0.3) is 0 Å². The van der Waals surface area contributed by atoms with Crippen LogP contribution in [0.4, 0.5) is 13.2 Å². The van der Waals surface area contributed by atoms with Gasteiger partial charge in [0, 0.05) is 31.6 Å². The van der Waals surface area contributed by atoms with Gasteiger partial charge >= 0.3 is 6.18 Å². The number of amides is 1. The smallest absolute Gasteiger partial charge is 0.333 e. The molecular weight excluding hydrogens is 543 g/mol. The van der Waals surface area contributed by atoms with Gasteiger partial charge in [0.25, 0.3) is 0 Å². The number of halogens is 3. The second-order valence-electron chi connectivity index (χ2n) is 9.77. The number of hydrogen-bond donors (Lipinski definition) is 1. The van der Waals surface area contributed by atoms with E-state index in [0.717, 1.165) is 36.1 Å². The second-order valence-corrected chi connectivity index (χ2v) is 13.5. The van der Waals surface area contributed by atoms with Gasteiger partial charge in [-0.15, -0.1) is 0 Å². The highest BCUT2D eigenvalue weighted by molar-refractivity contribution is 7.89. The first kappa shape index (κ1) is 28.5. The van der Waals surface area contributed by atoms with E-state index in [0.29, 0.717) is 25.7 Å². The molecule has 2 aromatic carbocycles. The summed E-state index contributed by atoms with van der Waals surface area (Å²) in [7, 11) is -7.44. The summed E-state index contributed by atoms with van der Waals surface area (Å²) >= 11 is 0. The lowest BCUT2D eigenvalue weighted by Gasteiger charge is -2.43. The SMILES string of the molecule is CS(=O)(=O)N1CCN(C(=O)[C@H]2CC[C@H](NS(=O)(=O)c3ccc(C(F)(F)F)cc3)CC2)[C@@H](c2ccccc2)C1. The van der Waals surface area contributed by atoms with Crippen LogP contribution in [-0.4, -0.2) is 63.9 Å². The molecule has 2 fully saturated rings. The van der Waals surface area contributed by atoms with Crippen LogP contribution in [0.15, 0.2) is 59.5 Å². The van der Waals surface area contributed by atoms with E-state index < -0.39 is 43.9 Å². The summed E-state index contributed by atoms with van der Waals surface area (Å²) in [5.41, 5.74) is -0.0890. The maximum absolute atomic E-state index is 13.5. The average molecular weight is 574 g/mol. The van der Waals surface area contributed by atoms with Crippen molar-refractivity contribution in [2.45, 2.75) is 48.8 Å². The van der Waals surface area contributed by atoms with Gasteiger partial charge < -0.3 is 4.90 Å². The zero-order chi connectivity index (χ0) is 27.7. The van der Waals surface area contributed by atoms with Crippen molar-refractivity contribution in [1.82, 2.24) is 13.9 Å². The molecule has 38 heavy (non-hydrogen) atoms. The molecule has 1 saturated carbocycles. The van der Waals surface area contributed by atoms with E-state index in [1.165, 1.54) is 4.31 Å². The van der Waals surface area contributed by atoms with Crippen molar-refractivity contribution < 1.29 is 34.8 Å². The Labute approximate surface area is 220 Å². The third kappa shape index (κ3) is 6.56. The highest BCUT2D eigenvalue weighted by atomic mass is 32.2. The van der Waals surface area contributed by atoms with Crippen LogP contribution in [0.1, 0.15) is 42.9 Å². The van der Waals surface area contributed by atoms with Gasteiger partial charge in [-0.05, 0) is 55.5 Å². The van der Waals surface area contributed by atoms with Gasteiger partial charge in [0.05, 0.1) is 22.8 Å². The molecule has 4 rings (SSSR count). The maximum Gasteiger partial charge on any atom is 0.416 e. The first-order valence-corrected chi connectivity index (χ1v) is 15.6. The molecule has 1 aliphatic heterocycles. The van der Waals surface area contributed by atoms with Crippen LogP contribution in [0, 0.1) is 5.92 Å². The number of rotatable bonds is 6. The number of nitrogens with one attached hydrogen (secondary N) is 1. The van der Waals surface area contributed by atoms with Crippen LogP contribution < -0.4 is 4.72 Å². The van der Waals surface area contributed by atoms with E-state index >= 15 is 0 Å². The van der Waals surface area contributed by atoms with Gasteiger partial charge in [0.2, 0.25) is 26.0 Å². The van der Waals surface area contributed by atoms with Gasteiger partial charge in [0.1, 0.15) is 0 Å². The Morgan fingerprint density at radius 1 is 0.895 bits per heavy atom. The van der Waals surface area contributed by atoms with Crippen molar-refractivity contribution in [2.75, 3.05) is 25.9 Å². The predicted octanol–water partition coefficient (Wildman–Crippen LogP) is 3.39. The summed E-state index contributed by atoms with van der Waals surface area (Å²) in [5.74, 6) is -0.422. The number of hydrogen-bond acceptors (Lipinski definition) is 5. The summed E-state index contributed by atoms with van der Waals surface area (Å²) in [6, 6.07) is 11.7. The first-order valence-electron chi connectivity index (χ1n) is 12.3. The van der Waals surface area contributed by atoms with Gasteiger partial charge in [-0.1, -0.05) is 30.3 Å². The van der Waals surface area contributed by atoms with Gasteiger partial charge in [-0.3, -0.25) is 4.79 Å². The number of carbonyl (C=O) groups excluding carboxylic acids is 1. The molecule has 1 amide bonds. The Morgan fingerprint density at radius 2 is 1.50 bits per heavy atom. The minimum Gasteiger partial charge on any atom is -0.333 e. The molecule has 2 aliphatic rings.